The van der Waals surface area contributed by atoms with Crippen molar-refractivity contribution in [2.24, 2.45) is 0 Å². The van der Waals surface area contributed by atoms with Crippen LogP contribution in [0.4, 0.5) is 5.69 Å². The molecule has 0 aliphatic rings. The number of carbonyl (C=O) groups excluding carboxylic acids is 1. The zero-order valence-electron chi connectivity index (χ0n) is 15.9. The van der Waals surface area contributed by atoms with Gasteiger partial charge in [-0.2, -0.15) is 0 Å². The summed E-state index contributed by atoms with van der Waals surface area (Å²) in [6, 6.07) is 13.1. The van der Waals surface area contributed by atoms with Gasteiger partial charge in [0.1, 0.15) is 5.75 Å². The van der Waals surface area contributed by atoms with Gasteiger partial charge < -0.3 is 15.0 Å². The normalized spacial score (nSPS) is 10.8. The Hall–Kier alpha value is -3.67. The predicted molar refractivity (Wildman–Crippen MR) is 109 cm³/mol. The molecule has 2 aromatic heterocycles. The largest absolute Gasteiger partial charge is 0.424 e. The Bertz CT molecular complexity index is 1170. The van der Waals surface area contributed by atoms with Crippen LogP contribution in [0.25, 0.3) is 10.9 Å². The molecule has 4 aromatic rings. The van der Waals surface area contributed by atoms with Crippen LogP contribution in [0, 0.1) is 20.8 Å². The zero-order chi connectivity index (χ0) is 19.7. The maximum absolute atomic E-state index is 12.7. The van der Waals surface area contributed by atoms with Crippen LogP contribution >= 0.6 is 0 Å². The van der Waals surface area contributed by atoms with Crippen LogP contribution in [-0.2, 0) is 0 Å². The van der Waals surface area contributed by atoms with Crippen LogP contribution < -0.4 is 10.1 Å². The Labute approximate surface area is 162 Å². The third-order valence-corrected chi connectivity index (χ3v) is 4.77. The van der Waals surface area contributed by atoms with Crippen molar-refractivity contribution < 1.29 is 9.53 Å². The van der Waals surface area contributed by atoms with E-state index in [0.717, 1.165) is 33.4 Å². The van der Waals surface area contributed by atoms with Crippen LogP contribution in [0.15, 0.2) is 54.9 Å². The summed E-state index contributed by atoms with van der Waals surface area (Å²) < 4.78 is 5.63. The number of fused-ring (bicyclic) bond motifs is 1. The molecule has 28 heavy (non-hydrogen) atoms. The second-order valence-electron chi connectivity index (χ2n) is 6.70. The first kappa shape index (κ1) is 17.7. The van der Waals surface area contributed by atoms with E-state index in [9.17, 15) is 4.79 Å². The van der Waals surface area contributed by atoms with Gasteiger partial charge in [-0.05, 0) is 74.4 Å². The number of amides is 1. The molecule has 0 radical (unpaired) electrons. The molecule has 0 saturated carbocycles. The molecule has 0 unspecified atom stereocenters. The summed E-state index contributed by atoms with van der Waals surface area (Å²) in [5.74, 6) is 0.463. The summed E-state index contributed by atoms with van der Waals surface area (Å²) in [5.41, 5.74) is 5.54. The van der Waals surface area contributed by atoms with Gasteiger partial charge in [0, 0.05) is 40.2 Å². The monoisotopic (exact) mass is 372 g/mol. The molecule has 4 rings (SSSR count). The number of hydrogen-bond donors (Lipinski definition) is 2. The number of rotatable bonds is 4. The van der Waals surface area contributed by atoms with E-state index in [2.05, 4.69) is 27.2 Å². The van der Waals surface area contributed by atoms with Gasteiger partial charge in [0.2, 0.25) is 0 Å². The first-order valence-electron chi connectivity index (χ1n) is 8.97. The average Bonchev–Trinajstić information content (AvgIpc) is 2.98. The predicted octanol–water partition coefficient (Wildman–Crippen LogP) is 4.93. The molecule has 6 nitrogen and oxygen atoms in total. The van der Waals surface area contributed by atoms with Crippen LogP contribution in [0.5, 0.6) is 11.8 Å². The van der Waals surface area contributed by atoms with E-state index < -0.39 is 0 Å². The van der Waals surface area contributed by atoms with Crippen molar-refractivity contribution in [3.05, 3.63) is 77.2 Å². The Balaban J connectivity index is 1.53. The van der Waals surface area contributed by atoms with E-state index in [0.29, 0.717) is 11.3 Å². The highest BCUT2D eigenvalue weighted by Gasteiger charge is 2.12. The van der Waals surface area contributed by atoms with Crippen molar-refractivity contribution in [3.8, 4) is 11.8 Å². The van der Waals surface area contributed by atoms with Gasteiger partial charge in [0.25, 0.3) is 5.91 Å². The zero-order valence-corrected chi connectivity index (χ0v) is 15.9. The molecule has 2 aromatic carbocycles. The van der Waals surface area contributed by atoms with Gasteiger partial charge in [0.15, 0.2) is 0 Å². The molecule has 0 saturated heterocycles. The van der Waals surface area contributed by atoms with Crippen molar-refractivity contribution in [1.82, 2.24) is 15.0 Å². The molecule has 140 valence electrons. The van der Waals surface area contributed by atoms with Crippen LogP contribution in [0.1, 0.15) is 27.2 Å². The molecule has 0 aliphatic carbocycles. The van der Waals surface area contributed by atoms with Gasteiger partial charge in [-0.15, -0.1) is 0 Å². The number of aryl methyl sites for hydroxylation is 3. The molecule has 0 bridgehead atoms. The molecule has 0 aliphatic heterocycles. The first-order valence-corrected chi connectivity index (χ1v) is 8.97. The lowest BCUT2D eigenvalue weighted by Crippen LogP contribution is -2.12. The lowest BCUT2D eigenvalue weighted by molar-refractivity contribution is 0.102. The third kappa shape index (κ3) is 3.44. The average molecular weight is 372 g/mol. The number of ether oxygens (including phenoxy) is 1. The van der Waals surface area contributed by atoms with Gasteiger partial charge >= 0.3 is 6.01 Å². The van der Waals surface area contributed by atoms with Gasteiger partial charge in [-0.25, -0.2) is 9.97 Å². The van der Waals surface area contributed by atoms with E-state index in [1.165, 1.54) is 0 Å². The molecule has 1 amide bonds. The topological polar surface area (TPSA) is 79.9 Å². The Morgan fingerprint density at radius 3 is 2.57 bits per heavy atom. The molecule has 2 N–H and O–H groups in total. The molecule has 0 atom stereocenters. The SMILES string of the molecule is Cc1cc(Oc2ncccn2)ccc1NC(=O)c1ccc2[nH]c(C)c(C)c2c1. The number of aromatic amines is 1. The number of nitrogens with zero attached hydrogens (tertiary/aromatic N) is 2. The van der Waals surface area contributed by atoms with E-state index in [-0.39, 0.29) is 11.9 Å². The Kier molecular flexibility index (Phi) is 4.53. The fraction of sp³-hybridized carbons (Fsp3) is 0.136. The minimum atomic E-state index is -0.150. The number of benzene rings is 2. The number of anilines is 1. The van der Waals surface area contributed by atoms with Gasteiger partial charge in [-0.3, -0.25) is 4.79 Å². The fourth-order valence-electron chi connectivity index (χ4n) is 3.08. The van der Waals surface area contributed by atoms with E-state index in [1.807, 2.05) is 44.2 Å². The molecule has 0 spiro atoms. The molecular weight excluding hydrogens is 352 g/mol. The number of H-pyrrole nitrogens is 1. The van der Waals surface area contributed by atoms with Gasteiger partial charge in [0.05, 0.1) is 0 Å². The second-order valence-corrected chi connectivity index (χ2v) is 6.70. The summed E-state index contributed by atoms with van der Waals surface area (Å²) in [5, 5.41) is 4.04. The molecule has 6 heteroatoms. The first-order chi connectivity index (χ1) is 13.5. The smallest absolute Gasteiger partial charge is 0.321 e. The van der Waals surface area contributed by atoms with Crippen LogP contribution in [0.2, 0.25) is 0 Å². The third-order valence-electron chi connectivity index (χ3n) is 4.77. The number of hydrogen-bond acceptors (Lipinski definition) is 4. The number of nitrogens with one attached hydrogen (secondary N) is 2. The maximum atomic E-state index is 12.7. The fourth-order valence-corrected chi connectivity index (χ4v) is 3.08. The number of aromatic nitrogens is 3. The summed E-state index contributed by atoms with van der Waals surface area (Å²) in [6.07, 6.45) is 3.24. The summed E-state index contributed by atoms with van der Waals surface area (Å²) in [7, 11) is 0. The highest BCUT2D eigenvalue weighted by Crippen LogP contribution is 2.26. The standard InChI is InChI=1S/C22H20N4O2/c1-13-11-17(28-22-23-9-4-10-24-22)6-8-19(13)26-21(27)16-5-7-20-18(12-16)14(2)15(3)25-20/h4-12,25H,1-3H3,(H,26,27). The van der Waals surface area contributed by atoms with Crippen molar-refractivity contribution in [2.75, 3.05) is 5.32 Å². The van der Waals surface area contributed by atoms with Crippen molar-refractivity contribution >= 4 is 22.5 Å². The van der Waals surface area contributed by atoms with Gasteiger partial charge in [-0.1, -0.05) is 0 Å². The van der Waals surface area contributed by atoms with E-state index >= 15 is 0 Å². The van der Waals surface area contributed by atoms with Crippen LogP contribution in [-0.4, -0.2) is 20.9 Å². The van der Waals surface area contributed by atoms with E-state index in [1.54, 1.807) is 24.5 Å². The highest BCUT2D eigenvalue weighted by atomic mass is 16.5. The molecule has 2 heterocycles. The summed E-state index contributed by atoms with van der Waals surface area (Å²) in [4.78, 5) is 24.1. The lowest BCUT2D eigenvalue weighted by atomic mass is 10.1. The summed E-state index contributed by atoms with van der Waals surface area (Å²) >= 11 is 0. The lowest BCUT2D eigenvalue weighted by Gasteiger charge is -2.11. The van der Waals surface area contributed by atoms with Crippen LogP contribution in [0.3, 0.4) is 0 Å². The highest BCUT2D eigenvalue weighted by molar-refractivity contribution is 6.07. The minimum Gasteiger partial charge on any atom is -0.424 e. The molecule has 0 fully saturated rings. The van der Waals surface area contributed by atoms with Crippen molar-refractivity contribution in [3.63, 3.8) is 0 Å². The van der Waals surface area contributed by atoms with Crippen molar-refractivity contribution in [1.29, 1.82) is 0 Å². The summed E-state index contributed by atoms with van der Waals surface area (Å²) in [6.45, 7) is 5.99. The maximum Gasteiger partial charge on any atom is 0.321 e. The molecular formula is C22H20N4O2. The minimum absolute atomic E-state index is 0.150. The Morgan fingerprint density at radius 2 is 1.82 bits per heavy atom. The second kappa shape index (κ2) is 7.15. The van der Waals surface area contributed by atoms with Crippen molar-refractivity contribution in [2.45, 2.75) is 20.8 Å². The number of carbonyl (C=O) groups is 1. The quantitative estimate of drug-likeness (QED) is 0.532. The van der Waals surface area contributed by atoms with E-state index in [4.69, 9.17) is 4.74 Å². The Morgan fingerprint density at radius 1 is 1.04 bits per heavy atom.